The summed E-state index contributed by atoms with van der Waals surface area (Å²) in [6.45, 7) is 7.62. The fourth-order valence-electron chi connectivity index (χ4n) is 18.5. The molecule has 1 saturated heterocycles. The van der Waals surface area contributed by atoms with Crippen molar-refractivity contribution in [1.29, 1.82) is 0 Å². The minimum atomic E-state index is -1.32. The number of aromatic amines is 1. The predicted molar refractivity (Wildman–Crippen MR) is 297 cm³/mol. The lowest BCUT2D eigenvalue weighted by atomic mass is 9.39. The Bertz CT molecular complexity index is 3110. The third kappa shape index (κ3) is 8.25. The number of H-pyrrole nitrogens is 1. The minimum Gasteiger partial charge on any atom is -0.504 e. The van der Waals surface area contributed by atoms with Gasteiger partial charge in [-0.25, -0.2) is 0 Å². The van der Waals surface area contributed by atoms with Crippen molar-refractivity contribution in [1.82, 2.24) is 20.9 Å². The largest absolute Gasteiger partial charge is 0.504 e. The summed E-state index contributed by atoms with van der Waals surface area (Å²) >= 11 is 0. The van der Waals surface area contributed by atoms with Gasteiger partial charge in [-0.15, -0.1) is 0 Å². The Morgan fingerprint density at radius 1 is 0.896 bits per heavy atom. The van der Waals surface area contributed by atoms with Crippen LogP contribution in [0, 0.1) is 70.5 Å². The van der Waals surface area contributed by atoms with Crippen LogP contribution in [0.2, 0.25) is 0 Å². The molecular weight excluding hydrogens is 963 g/mol. The molecule has 4 saturated carbocycles. The van der Waals surface area contributed by atoms with Crippen LogP contribution in [0.5, 0.6) is 11.5 Å². The number of nitrogens with one attached hydrogen (secondary N) is 4. The monoisotopic (exact) mass is 1040 g/mol. The Hall–Kier alpha value is -5.42. The van der Waals surface area contributed by atoms with E-state index >= 15 is 4.79 Å². The molecule has 0 bridgehead atoms. The third-order valence-corrected chi connectivity index (χ3v) is 21.8. The molecule has 18 atom stereocenters. The number of Topliss-reactive ketones (excluding diaryl/α,β-unsaturated/α-hetero) is 2. The molecule has 0 radical (unpaired) electrons. The van der Waals surface area contributed by atoms with E-state index in [-0.39, 0.29) is 66.3 Å². The highest BCUT2D eigenvalue weighted by atomic mass is 16.5. The molecule has 0 unspecified atom stereocenters. The van der Waals surface area contributed by atoms with Gasteiger partial charge < -0.3 is 51.8 Å². The average Bonchev–Trinajstić information content (AvgIpc) is 4.04. The second-order valence-corrected chi connectivity index (χ2v) is 25.0. The van der Waals surface area contributed by atoms with E-state index in [1.165, 1.54) is 29.5 Å². The van der Waals surface area contributed by atoms with Crippen LogP contribution in [-0.2, 0) is 22.4 Å². The Balaban J connectivity index is 0.831. The van der Waals surface area contributed by atoms with E-state index in [1.807, 2.05) is 18.2 Å². The molecule has 7 aliphatic carbocycles. The van der Waals surface area contributed by atoms with Gasteiger partial charge in [0.05, 0.1) is 31.2 Å². The number of aliphatic hydroxyl groups is 3. The van der Waals surface area contributed by atoms with Gasteiger partial charge in [-0.05, 0) is 199 Å². The van der Waals surface area contributed by atoms with Crippen molar-refractivity contribution < 1.29 is 34.8 Å². The number of nitrogens with two attached hydrogens (primary N) is 1. The third-order valence-electron chi connectivity index (χ3n) is 21.8. The molecule has 9 aliphatic rings. The number of aliphatic hydroxyl groups excluding tert-OH is 3. The number of dihydropyridines is 1. The second-order valence-electron chi connectivity index (χ2n) is 25.0. The summed E-state index contributed by atoms with van der Waals surface area (Å²) in [4.78, 5) is 33.0. The number of methoxy groups -OCH3 is 1. The summed E-state index contributed by atoms with van der Waals surface area (Å²) in [5.74, 6) is 10.7. The molecule has 5 fully saturated rings. The number of aromatic hydroxyl groups is 1. The van der Waals surface area contributed by atoms with Gasteiger partial charge in [0.25, 0.3) is 0 Å². The van der Waals surface area contributed by atoms with Crippen molar-refractivity contribution in [2.24, 2.45) is 64.4 Å². The predicted octanol–water partition coefficient (Wildman–Crippen LogP) is 7.76. The first kappa shape index (κ1) is 51.0. The molecule has 13 rings (SSSR count). The van der Waals surface area contributed by atoms with E-state index < -0.39 is 29.6 Å². The summed E-state index contributed by atoms with van der Waals surface area (Å²) in [6, 6.07) is 18.3. The van der Waals surface area contributed by atoms with Crippen LogP contribution < -0.4 is 26.4 Å². The van der Waals surface area contributed by atoms with Crippen LogP contribution in [0.15, 0.2) is 83.8 Å². The van der Waals surface area contributed by atoms with Crippen LogP contribution in [0.25, 0.3) is 10.8 Å². The maximum Gasteiger partial charge on any atom is 0.160 e. The Morgan fingerprint density at radius 2 is 1.71 bits per heavy atom. The molecule has 3 heterocycles. The molecule has 1 aromatic heterocycles. The number of benzene rings is 3. The zero-order valence-electron chi connectivity index (χ0n) is 45.1. The summed E-state index contributed by atoms with van der Waals surface area (Å²) in [5, 5.41) is 62.6. The number of hydrogen-bond acceptors (Lipinski definition) is 11. The van der Waals surface area contributed by atoms with Gasteiger partial charge in [0, 0.05) is 66.9 Å². The number of piperidine rings is 1. The highest BCUT2D eigenvalue weighted by Gasteiger charge is 2.67. The van der Waals surface area contributed by atoms with E-state index in [0.29, 0.717) is 90.3 Å². The molecule has 3 aromatic carbocycles. The van der Waals surface area contributed by atoms with Crippen molar-refractivity contribution in [2.45, 2.75) is 139 Å². The molecule has 12 heteroatoms. The number of aryl methyl sites for hydroxylation is 2. The van der Waals surface area contributed by atoms with Gasteiger partial charge in [0.15, 0.2) is 17.3 Å². The molecule has 10 N–H and O–H groups in total. The highest BCUT2D eigenvalue weighted by molar-refractivity contribution is 5.89. The number of carbonyl (C=O) groups excluding carboxylic acids is 2. The van der Waals surface area contributed by atoms with Crippen molar-refractivity contribution in [2.75, 3.05) is 33.3 Å². The van der Waals surface area contributed by atoms with Crippen molar-refractivity contribution in [3.8, 4) is 23.3 Å². The van der Waals surface area contributed by atoms with Crippen LogP contribution in [0.4, 0.5) is 0 Å². The summed E-state index contributed by atoms with van der Waals surface area (Å²) in [5.41, 5.74) is 14.1. The minimum absolute atomic E-state index is 0.0386. The van der Waals surface area contributed by atoms with E-state index in [2.05, 4.69) is 83.2 Å². The highest BCUT2D eigenvalue weighted by Crippen LogP contribution is 2.69. The second kappa shape index (κ2) is 20.0. The zero-order chi connectivity index (χ0) is 53.0. The Morgan fingerprint density at radius 3 is 2.53 bits per heavy atom. The maximum atomic E-state index is 15.2. The number of carbonyl (C=O) groups is 2. The number of allylic oxidation sites excluding steroid dienone is 2. The van der Waals surface area contributed by atoms with Crippen LogP contribution in [0.3, 0.4) is 0 Å². The SMILES string of the molecule is CCNC[C@@H]1[C@@H]2c3[nH]cc4c3[C@@H]3[C@@H]5[C@@H]2[C@H](CN[C@H]5CC(=O)[C@H]3CC4)[C@H]2CC[C@H]3[C@@H](CC[C@@]4(C#C[C@@H](C[C@H](O)[C@H](O)C[C@@H](C5=C(CC)CNC(N)=C5)c5ccc6ccccc6c5)c5cc(O)c(OC)cc5CCC4=O)[C@@H]3O)[C@H]21. The number of ketones is 2. The topological polar surface area (TPSA) is 202 Å². The molecule has 2 aliphatic heterocycles. The summed E-state index contributed by atoms with van der Waals surface area (Å²) in [6.07, 6.45) is 8.01. The van der Waals surface area contributed by atoms with Gasteiger partial charge >= 0.3 is 0 Å². The van der Waals surface area contributed by atoms with E-state index in [4.69, 9.17) is 10.5 Å². The Kier molecular flexibility index (Phi) is 13.3. The van der Waals surface area contributed by atoms with Crippen LogP contribution in [0.1, 0.15) is 135 Å². The van der Waals surface area contributed by atoms with E-state index in [1.54, 1.807) is 12.1 Å². The fourth-order valence-corrected chi connectivity index (χ4v) is 18.5. The number of fused-ring (bicyclic) bond motifs is 7. The van der Waals surface area contributed by atoms with Gasteiger partial charge in [0.1, 0.15) is 11.2 Å². The maximum absolute atomic E-state index is 15.2. The first-order valence-electron chi connectivity index (χ1n) is 29.5. The lowest BCUT2D eigenvalue weighted by molar-refractivity contribution is -0.167. The Labute approximate surface area is 453 Å². The lowest BCUT2D eigenvalue weighted by Gasteiger charge is -2.67. The smallest absolute Gasteiger partial charge is 0.160 e. The first-order chi connectivity index (χ1) is 37.4. The van der Waals surface area contributed by atoms with Gasteiger partial charge in [-0.3, -0.25) is 9.59 Å². The number of ether oxygens (including phenoxy) is 1. The molecule has 406 valence electrons. The van der Waals surface area contributed by atoms with Crippen molar-refractivity contribution in [3.63, 3.8) is 0 Å². The number of phenols is 1. The van der Waals surface area contributed by atoms with Gasteiger partial charge in [0.2, 0.25) is 0 Å². The quantitative estimate of drug-likeness (QED) is 0.0629. The number of phenolic OH excluding ortho intramolecular Hbond substituents is 1. The fraction of sp³-hybridized carbons (Fsp3) is 0.569. The van der Waals surface area contributed by atoms with Crippen LogP contribution in [-0.4, -0.2) is 94.6 Å². The molecule has 1 spiro atoms. The van der Waals surface area contributed by atoms with Crippen molar-refractivity contribution >= 4 is 22.3 Å². The zero-order valence-corrected chi connectivity index (χ0v) is 45.1. The normalized spacial score (nSPS) is 35.8. The first-order valence-corrected chi connectivity index (χ1v) is 29.5. The molecule has 0 amide bonds. The lowest BCUT2D eigenvalue weighted by Crippen LogP contribution is -2.68. The molecule has 12 nitrogen and oxygen atoms in total. The summed E-state index contributed by atoms with van der Waals surface area (Å²) in [7, 11) is 1.51. The van der Waals surface area contributed by atoms with E-state index in [0.717, 1.165) is 85.6 Å². The standard InChI is InChI=1S/C65H79N5O7/c1-4-33-29-69-56(66)27-46(33)45(36-11-10-34-8-6-7-9-35(34)22-36)26-52(73)51(72)23-38-18-20-65(55(75)17-13-37-24-54(77-3)53(74)25-44(37)38)21-19-41-42(64(65)76)16-15-40-47-32-68-49-28-50(71)43-14-12-39-30-70-63-57(39)59(43)62(49)60(47)61(63)48(58(40)41)31-67-5-2/h6-11,22,24-25,27,30,38,40-43,45,47-49,51-52,58-62,64,67-70,72-74,76H,4-5,12-17,19,21,23,26,28-29,31-32,66H2,1-3H3/t38-,40+,41+,42-,43+,45+,47+,48-,49-,51-,52+,58-,59+,60+,61-,62+,64+,65+/m0/s1. The number of aromatic nitrogens is 1. The van der Waals surface area contributed by atoms with Crippen molar-refractivity contribution in [3.05, 3.63) is 117 Å². The summed E-state index contributed by atoms with van der Waals surface area (Å²) < 4.78 is 5.62. The van der Waals surface area contributed by atoms with Gasteiger partial charge in [-0.1, -0.05) is 68.2 Å². The van der Waals surface area contributed by atoms with Crippen LogP contribution >= 0.6 is 0 Å². The number of rotatable bonds is 12. The average molecular weight is 1040 g/mol. The molecule has 4 aromatic rings. The van der Waals surface area contributed by atoms with E-state index in [9.17, 15) is 25.2 Å². The molecule has 77 heavy (non-hydrogen) atoms. The molecular formula is C65H79N5O7. The number of hydrogen-bond donors (Lipinski definition) is 9. The van der Waals surface area contributed by atoms with Gasteiger partial charge in [-0.2, -0.15) is 0 Å².